The maximum absolute atomic E-state index is 14.3. The van der Waals surface area contributed by atoms with Gasteiger partial charge in [0, 0.05) is 10.6 Å². The second kappa shape index (κ2) is 5.43. The summed E-state index contributed by atoms with van der Waals surface area (Å²) in [6, 6.07) is 16.5. The molecule has 0 radical (unpaired) electrons. The normalized spacial score (nSPS) is 10.7. The molecule has 3 rings (SSSR count). The van der Waals surface area contributed by atoms with Crippen LogP contribution in [0.15, 0.2) is 54.6 Å². The van der Waals surface area contributed by atoms with Gasteiger partial charge in [-0.05, 0) is 17.7 Å². The van der Waals surface area contributed by atoms with Crippen molar-refractivity contribution in [1.82, 2.24) is 15.0 Å². The first-order valence-electron chi connectivity index (χ1n) is 6.13. The number of nitrogens with zero attached hydrogens (tertiary/aromatic N) is 3. The van der Waals surface area contributed by atoms with Crippen molar-refractivity contribution in [2.24, 2.45) is 0 Å². The Morgan fingerprint density at radius 2 is 1.85 bits per heavy atom. The van der Waals surface area contributed by atoms with Crippen molar-refractivity contribution in [3.8, 4) is 11.3 Å². The summed E-state index contributed by atoms with van der Waals surface area (Å²) in [7, 11) is 0. The molecule has 0 aliphatic heterocycles. The molecule has 5 heteroatoms. The predicted octanol–water partition coefficient (Wildman–Crippen LogP) is 3.79. The Bertz CT molecular complexity index is 725. The molecule has 0 atom stereocenters. The number of benzene rings is 2. The predicted molar refractivity (Wildman–Crippen MR) is 76.0 cm³/mol. The lowest BCUT2D eigenvalue weighted by Crippen LogP contribution is -2.04. The van der Waals surface area contributed by atoms with Gasteiger partial charge in [-0.3, -0.25) is 0 Å². The van der Waals surface area contributed by atoms with Gasteiger partial charge in [-0.1, -0.05) is 59.3 Å². The second-order valence-corrected chi connectivity index (χ2v) is 4.82. The van der Waals surface area contributed by atoms with Crippen molar-refractivity contribution in [3.63, 3.8) is 0 Å². The van der Waals surface area contributed by atoms with E-state index < -0.39 is 5.95 Å². The van der Waals surface area contributed by atoms with Crippen LogP contribution in [0.1, 0.15) is 5.56 Å². The SMILES string of the molecule is Fc1c(-c2cccc(Cl)c2)nnn1Cc1ccccc1. The van der Waals surface area contributed by atoms with E-state index in [2.05, 4.69) is 10.3 Å². The molecule has 0 fully saturated rings. The van der Waals surface area contributed by atoms with E-state index in [0.717, 1.165) is 5.56 Å². The Kier molecular flexibility index (Phi) is 3.48. The van der Waals surface area contributed by atoms with E-state index >= 15 is 0 Å². The summed E-state index contributed by atoms with van der Waals surface area (Å²) < 4.78 is 15.6. The van der Waals surface area contributed by atoms with Crippen LogP contribution >= 0.6 is 11.6 Å². The van der Waals surface area contributed by atoms with Gasteiger partial charge in [-0.2, -0.15) is 4.39 Å². The van der Waals surface area contributed by atoms with Gasteiger partial charge >= 0.3 is 0 Å². The molecule has 3 nitrogen and oxygen atoms in total. The van der Waals surface area contributed by atoms with E-state index in [4.69, 9.17) is 11.6 Å². The minimum absolute atomic E-state index is 0.212. The Morgan fingerprint density at radius 1 is 1.05 bits per heavy atom. The van der Waals surface area contributed by atoms with Gasteiger partial charge in [0.2, 0.25) is 5.95 Å². The Labute approximate surface area is 120 Å². The highest BCUT2D eigenvalue weighted by Crippen LogP contribution is 2.23. The Morgan fingerprint density at radius 3 is 2.60 bits per heavy atom. The van der Waals surface area contributed by atoms with Crippen molar-refractivity contribution >= 4 is 11.6 Å². The fraction of sp³-hybridized carbons (Fsp3) is 0.0667. The van der Waals surface area contributed by atoms with Crippen molar-refractivity contribution in [2.75, 3.05) is 0 Å². The third-order valence-corrected chi connectivity index (χ3v) is 3.18. The summed E-state index contributed by atoms with van der Waals surface area (Å²) in [5, 5.41) is 8.31. The lowest BCUT2D eigenvalue weighted by molar-refractivity contribution is 0.477. The summed E-state index contributed by atoms with van der Waals surface area (Å²) >= 11 is 5.91. The van der Waals surface area contributed by atoms with E-state index in [9.17, 15) is 4.39 Å². The van der Waals surface area contributed by atoms with Crippen LogP contribution < -0.4 is 0 Å². The molecule has 0 saturated heterocycles. The standard InChI is InChI=1S/C15H11ClFN3/c16-13-8-4-7-12(9-13)14-15(17)20(19-18-14)10-11-5-2-1-3-6-11/h1-9H,10H2. The summed E-state index contributed by atoms with van der Waals surface area (Å²) in [6.07, 6.45) is 0. The van der Waals surface area contributed by atoms with Crippen LogP contribution in [0.4, 0.5) is 4.39 Å². The van der Waals surface area contributed by atoms with Crippen LogP contribution in [0.5, 0.6) is 0 Å². The van der Waals surface area contributed by atoms with Crippen LogP contribution in [-0.2, 0) is 6.54 Å². The highest BCUT2D eigenvalue weighted by molar-refractivity contribution is 6.30. The van der Waals surface area contributed by atoms with Gasteiger partial charge in [-0.25, -0.2) is 4.68 Å². The Hall–Kier alpha value is -2.20. The van der Waals surface area contributed by atoms with Gasteiger partial charge in [0.25, 0.3) is 0 Å². The first-order valence-corrected chi connectivity index (χ1v) is 6.50. The summed E-state index contributed by atoms with van der Waals surface area (Å²) in [5.74, 6) is -0.462. The number of hydrogen-bond acceptors (Lipinski definition) is 2. The van der Waals surface area contributed by atoms with E-state index in [0.29, 0.717) is 17.1 Å². The maximum atomic E-state index is 14.3. The van der Waals surface area contributed by atoms with E-state index in [1.807, 2.05) is 30.3 Å². The van der Waals surface area contributed by atoms with Crippen molar-refractivity contribution in [1.29, 1.82) is 0 Å². The maximum Gasteiger partial charge on any atom is 0.240 e. The van der Waals surface area contributed by atoms with Crippen LogP contribution in [-0.4, -0.2) is 15.0 Å². The molecule has 2 aromatic carbocycles. The molecule has 0 bridgehead atoms. The molecule has 0 spiro atoms. The molecule has 3 aromatic rings. The fourth-order valence-electron chi connectivity index (χ4n) is 1.97. The topological polar surface area (TPSA) is 30.7 Å². The number of halogens is 2. The number of rotatable bonds is 3. The fourth-order valence-corrected chi connectivity index (χ4v) is 2.16. The van der Waals surface area contributed by atoms with Gasteiger partial charge in [0.05, 0.1) is 6.54 Å². The largest absolute Gasteiger partial charge is 0.240 e. The molecule has 0 unspecified atom stereocenters. The Balaban J connectivity index is 1.93. The third-order valence-electron chi connectivity index (χ3n) is 2.95. The monoisotopic (exact) mass is 287 g/mol. The highest BCUT2D eigenvalue weighted by Gasteiger charge is 2.14. The summed E-state index contributed by atoms with van der Waals surface area (Å²) in [6.45, 7) is 0.347. The summed E-state index contributed by atoms with van der Waals surface area (Å²) in [4.78, 5) is 0. The zero-order valence-corrected chi connectivity index (χ0v) is 11.3. The quantitative estimate of drug-likeness (QED) is 0.734. The zero-order valence-electron chi connectivity index (χ0n) is 10.5. The molecule has 100 valence electrons. The van der Waals surface area contributed by atoms with Crippen LogP contribution in [0.25, 0.3) is 11.3 Å². The molecule has 0 aliphatic rings. The van der Waals surface area contributed by atoms with Crippen molar-refractivity contribution in [3.05, 3.63) is 71.1 Å². The molecule has 20 heavy (non-hydrogen) atoms. The van der Waals surface area contributed by atoms with Gasteiger partial charge in [0.1, 0.15) is 5.69 Å². The van der Waals surface area contributed by atoms with Crippen LogP contribution in [0, 0.1) is 5.95 Å². The second-order valence-electron chi connectivity index (χ2n) is 4.38. The first kappa shape index (κ1) is 12.8. The number of hydrogen-bond donors (Lipinski definition) is 0. The first-order chi connectivity index (χ1) is 9.74. The van der Waals surface area contributed by atoms with Gasteiger partial charge in [0.15, 0.2) is 0 Å². The van der Waals surface area contributed by atoms with Gasteiger partial charge in [-0.15, -0.1) is 5.10 Å². The molecule has 0 aliphatic carbocycles. The number of aromatic nitrogens is 3. The molecule has 0 amide bonds. The lowest BCUT2D eigenvalue weighted by Gasteiger charge is -2.01. The minimum Gasteiger partial charge on any atom is -0.214 e. The molecular formula is C15H11ClFN3. The summed E-state index contributed by atoms with van der Waals surface area (Å²) in [5.41, 5.74) is 1.80. The molecule has 1 aromatic heterocycles. The average Bonchev–Trinajstić information content (AvgIpc) is 2.81. The van der Waals surface area contributed by atoms with E-state index in [1.54, 1.807) is 24.3 Å². The third kappa shape index (κ3) is 2.56. The van der Waals surface area contributed by atoms with Gasteiger partial charge < -0.3 is 0 Å². The minimum atomic E-state index is -0.462. The lowest BCUT2D eigenvalue weighted by atomic mass is 10.2. The molecule has 0 saturated carbocycles. The smallest absolute Gasteiger partial charge is 0.214 e. The molecule has 0 N–H and O–H groups in total. The average molecular weight is 288 g/mol. The van der Waals surface area contributed by atoms with Crippen molar-refractivity contribution in [2.45, 2.75) is 6.54 Å². The zero-order chi connectivity index (χ0) is 13.9. The molecular weight excluding hydrogens is 277 g/mol. The van der Waals surface area contributed by atoms with Crippen molar-refractivity contribution < 1.29 is 4.39 Å². The van der Waals surface area contributed by atoms with Crippen LogP contribution in [0.2, 0.25) is 5.02 Å². The highest BCUT2D eigenvalue weighted by atomic mass is 35.5. The van der Waals surface area contributed by atoms with Crippen LogP contribution in [0.3, 0.4) is 0 Å². The van der Waals surface area contributed by atoms with E-state index in [-0.39, 0.29) is 5.69 Å². The van der Waals surface area contributed by atoms with E-state index in [1.165, 1.54) is 4.68 Å². The molecule has 1 heterocycles.